The number of carbonyl (C=O) groups is 3. The Morgan fingerprint density at radius 3 is 2.45 bits per heavy atom. The van der Waals surface area contributed by atoms with Crippen LogP contribution in [0.2, 0.25) is 0 Å². The van der Waals surface area contributed by atoms with Gasteiger partial charge in [0, 0.05) is 43.3 Å². The SMILES string of the molecule is O=C(O)NCC1CCC(CNC(=O)c2cc(-c3ccc(N4CCNC(=O)C4)nc3)nc3ccccc23)CC1. The number of pyridine rings is 2. The molecule has 4 N–H and O–H groups in total. The van der Waals surface area contributed by atoms with Gasteiger partial charge in [0.25, 0.3) is 5.91 Å². The molecular weight excluding hydrogens is 484 g/mol. The zero-order valence-corrected chi connectivity index (χ0v) is 21.2. The number of fused-ring (bicyclic) bond motifs is 1. The highest BCUT2D eigenvalue weighted by molar-refractivity contribution is 6.07. The summed E-state index contributed by atoms with van der Waals surface area (Å²) in [4.78, 5) is 47.1. The molecule has 0 unspecified atom stereocenters. The largest absolute Gasteiger partial charge is 0.465 e. The van der Waals surface area contributed by atoms with Crippen LogP contribution >= 0.6 is 0 Å². The maximum absolute atomic E-state index is 13.3. The van der Waals surface area contributed by atoms with E-state index in [1.54, 1.807) is 6.20 Å². The predicted octanol–water partition coefficient (Wildman–Crippen LogP) is 3.04. The van der Waals surface area contributed by atoms with Gasteiger partial charge < -0.3 is 26.0 Å². The molecule has 38 heavy (non-hydrogen) atoms. The van der Waals surface area contributed by atoms with Crippen molar-refractivity contribution in [2.75, 3.05) is 37.6 Å². The second-order valence-electron chi connectivity index (χ2n) is 10.0. The Balaban J connectivity index is 1.28. The second-order valence-corrected chi connectivity index (χ2v) is 10.0. The highest BCUT2D eigenvalue weighted by Crippen LogP contribution is 2.29. The number of piperazine rings is 1. The van der Waals surface area contributed by atoms with Gasteiger partial charge in [-0.1, -0.05) is 18.2 Å². The van der Waals surface area contributed by atoms with Gasteiger partial charge in [-0.2, -0.15) is 0 Å². The third-order valence-corrected chi connectivity index (χ3v) is 7.43. The highest BCUT2D eigenvalue weighted by atomic mass is 16.4. The van der Waals surface area contributed by atoms with E-state index in [9.17, 15) is 14.4 Å². The number of aromatic nitrogens is 2. The van der Waals surface area contributed by atoms with Crippen LogP contribution < -0.4 is 20.9 Å². The minimum atomic E-state index is -0.980. The van der Waals surface area contributed by atoms with E-state index in [1.165, 1.54) is 0 Å². The molecule has 2 aliphatic rings. The molecular formula is C28H32N6O4. The van der Waals surface area contributed by atoms with Crippen molar-refractivity contribution >= 4 is 34.6 Å². The zero-order valence-electron chi connectivity index (χ0n) is 21.2. The molecule has 5 rings (SSSR count). The summed E-state index contributed by atoms with van der Waals surface area (Å²) in [5, 5.41) is 18.0. The lowest BCUT2D eigenvalue weighted by Gasteiger charge is -2.28. The molecule has 10 heteroatoms. The molecule has 198 valence electrons. The lowest BCUT2D eigenvalue weighted by molar-refractivity contribution is -0.120. The molecule has 1 aliphatic heterocycles. The Morgan fingerprint density at radius 2 is 1.76 bits per heavy atom. The number of nitrogens with zero attached hydrogens (tertiary/aromatic N) is 3. The van der Waals surface area contributed by atoms with Crippen molar-refractivity contribution in [2.24, 2.45) is 11.8 Å². The number of carboxylic acid groups (broad SMARTS) is 1. The van der Waals surface area contributed by atoms with E-state index < -0.39 is 6.09 Å². The Labute approximate surface area is 220 Å². The van der Waals surface area contributed by atoms with E-state index in [0.29, 0.717) is 49.3 Å². The van der Waals surface area contributed by atoms with Crippen LogP contribution in [-0.2, 0) is 4.79 Å². The fraction of sp³-hybridized carbons (Fsp3) is 0.393. The zero-order chi connectivity index (χ0) is 26.5. The molecule has 1 saturated carbocycles. The van der Waals surface area contributed by atoms with Crippen molar-refractivity contribution in [2.45, 2.75) is 25.7 Å². The van der Waals surface area contributed by atoms with Gasteiger partial charge in [0.05, 0.1) is 23.3 Å². The average Bonchev–Trinajstić information content (AvgIpc) is 2.95. The molecule has 0 radical (unpaired) electrons. The van der Waals surface area contributed by atoms with Gasteiger partial charge in [0.1, 0.15) is 5.82 Å². The van der Waals surface area contributed by atoms with Gasteiger partial charge >= 0.3 is 6.09 Å². The molecule has 3 heterocycles. The van der Waals surface area contributed by atoms with Gasteiger partial charge in [0.2, 0.25) is 5.91 Å². The summed E-state index contributed by atoms with van der Waals surface area (Å²) in [5.74, 6) is 1.31. The van der Waals surface area contributed by atoms with Crippen LogP contribution in [0.15, 0.2) is 48.7 Å². The number of benzene rings is 1. The van der Waals surface area contributed by atoms with Crippen molar-refractivity contribution in [1.29, 1.82) is 0 Å². The summed E-state index contributed by atoms with van der Waals surface area (Å²) in [6, 6.07) is 13.2. The minimum Gasteiger partial charge on any atom is -0.465 e. The van der Waals surface area contributed by atoms with Gasteiger partial charge in [-0.3, -0.25) is 9.59 Å². The first-order valence-corrected chi connectivity index (χ1v) is 13.1. The van der Waals surface area contributed by atoms with Gasteiger partial charge in [0.15, 0.2) is 0 Å². The standard InChI is InChI=1S/C28H32N6O4/c35-26-17-34(12-11-29-26)25-10-9-20(16-30-25)24-13-22(21-3-1-2-4-23(21)33-24)27(36)31-14-18-5-7-19(8-6-18)15-32-28(37)38/h1-4,9-10,13,16,18-19,32H,5-8,11-12,14-15,17H2,(H,29,35)(H,31,36)(H,37,38). The van der Waals surface area contributed by atoms with Crippen molar-refractivity contribution in [3.05, 3.63) is 54.2 Å². The Bertz CT molecular complexity index is 1320. The van der Waals surface area contributed by atoms with Crippen LogP contribution in [0, 0.1) is 11.8 Å². The van der Waals surface area contributed by atoms with Gasteiger partial charge in [-0.25, -0.2) is 14.8 Å². The number of para-hydroxylation sites is 1. The average molecular weight is 517 g/mol. The lowest BCUT2D eigenvalue weighted by atomic mass is 9.82. The van der Waals surface area contributed by atoms with E-state index >= 15 is 0 Å². The van der Waals surface area contributed by atoms with Crippen LogP contribution in [0.3, 0.4) is 0 Å². The maximum Gasteiger partial charge on any atom is 0.404 e. The number of nitrogens with one attached hydrogen (secondary N) is 3. The maximum atomic E-state index is 13.3. The Kier molecular flexibility index (Phi) is 7.67. The van der Waals surface area contributed by atoms with E-state index in [0.717, 1.165) is 48.0 Å². The summed E-state index contributed by atoms with van der Waals surface area (Å²) in [6.45, 7) is 2.66. The fourth-order valence-corrected chi connectivity index (χ4v) is 5.27. The first-order chi connectivity index (χ1) is 18.5. The summed E-state index contributed by atoms with van der Waals surface area (Å²) in [5.41, 5.74) is 2.76. The molecule has 0 spiro atoms. The van der Waals surface area contributed by atoms with Crippen LogP contribution in [0.4, 0.5) is 10.6 Å². The van der Waals surface area contributed by atoms with Crippen LogP contribution in [0.5, 0.6) is 0 Å². The van der Waals surface area contributed by atoms with Crippen LogP contribution in [0.1, 0.15) is 36.0 Å². The van der Waals surface area contributed by atoms with Crippen LogP contribution in [0.25, 0.3) is 22.2 Å². The van der Waals surface area contributed by atoms with Crippen molar-refractivity contribution < 1.29 is 19.5 Å². The number of anilines is 1. The fourth-order valence-electron chi connectivity index (χ4n) is 5.27. The van der Waals surface area contributed by atoms with E-state index in [-0.39, 0.29) is 18.4 Å². The number of amides is 3. The molecule has 0 bridgehead atoms. The molecule has 1 aromatic carbocycles. The highest BCUT2D eigenvalue weighted by Gasteiger charge is 2.23. The summed E-state index contributed by atoms with van der Waals surface area (Å²) < 4.78 is 0. The minimum absolute atomic E-state index is 0.0165. The topological polar surface area (TPSA) is 137 Å². The predicted molar refractivity (Wildman–Crippen MR) is 144 cm³/mol. The van der Waals surface area contributed by atoms with Crippen molar-refractivity contribution in [3.63, 3.8) is 0 Å². The summed E-state index contributed by atoms with van der Waals surface area (Å²) in [6.07, 6.45) is 4.59. The van der Waals surface area contributed by atoms with Crippen LogP contribution in [-0.4, -0.2) is 65.7 Å². The molecule has 10 nitrogen and oxygen atoms in total. The Morgan fingerprint density at radius 1 is 1.03 bits per heavy atom. The van der Waals surface area contributed by atoms with Crippen molar-refractivity contribution in [1.82, 2.24) is 25.9 Å². The van der Waals surface area contributed by atoms with E-state index in [1.807, 2.05) is 47.4 Å². The molecule has 2 fully saturated rings. The summed E-state index contributed by atoms with van der Waals surface area (Å²) in [7, 11) is 0. The first kappa shape index (κ1) is 25.4. The third-order valence-electron chi connectivity index (χ3n) is 7.43. The molecule has 2 aromatic heterocycles. The van der Waals surface area contributed by atoms with E-state index in [2.05, 4.69) is 20.9 Å². The molecule has 3 amide bonds. The Hall–Kier alpha value is -4.21. The third kappa shape index (κ3) is 6.01. The van der Waals surface area contributed by atoms with Gasteiger partial charge in [-0.15, -0.1) is 0 Å². The monoisotopic (exact) mass is 516 g/mol. The number of hydrogen-bond donors (Lipinski definition) is 4. The molecule has 1 saturated heterocycles. The smallest absolute Gasteiger partial charge is 0.404 e. The number of rotatable bonds is 7. The second kappa shape index (κ2) is 11.5. The molecule has 1 aliphatic carbocycles. The normalized spacial score (nSPS) is 19.6. The first-order valence-electron chi connectivity index (χ1n) is 13.1. The molecule has 3 aromatic rings. The van der Waals surface area contributed by atoms with Crippen molar-refractivity contribution in [3.8, 4) is 11.3 Å². The quantitative estimate of drug-likeness (QED) is 0.379. The molecule has 0 atom stereocenters. The lowest BCUT2D eigenvalue weighted by Crippen LogP contribution is -2.48. The summed E-state index contributed by atoms with van der Waals surface area (Å²) >= 11 is 0. The number of hydrogen-bond acceptors (Lipinski definition) is 6. The van der Waals surface area contributed by atoms with E-state index in [4.69, 9.17) is 10.1 Å². The van der Waals surface area contributed by atoms with Gasteiger partial charge in [-0.05, 0) is 61.8 Å². The number of carbonyl (C=O) groups excluding carboxylic acids is 2.